The van der Waals surface area contributed by atoms with Crippen LogP contribution >= 0.6 is 0 Å². The lowest BCUT2D eigenvalue weighted by Gasteiger charge is -2.21. The zero-order valence-electron chi connectivity index (χ0n) is 77.7. The topological polar surface area (TPSA) is 218 Å². The van der Waals surface area contributed by atoms with Gasteiger partial charge in [0, 0.05) is 79.1 Å². The molecule has 22 rings (SSSR count). The van der Waals surface area contributed by atoms with Crippen LogP contribution in [0.25, 0.3) is 225 Å². The fourth-order valence-corrected chi connectivity index (χ4v) is 20.6. The molecule has 0 atom stereocenters. The molecule has 134 heavy (non-hydrogen) atoms. The maximum absolute atomic E-state index is 6.49. The molecule has 0 aliphatic rings. The predicted molar refractivity (Wildman–Crippen MR) is 531 cm³/mol. The van der Waals surface area contributed by atoms with Crippen LogP contribution in [0.2, 0.25) is 0 Å². The third-order valence-corrected chi connectivity index (χ3v) is 26.5. The Hall–Kier alpha value is -16.1. The van der Waals surface area contributed by atoms with Crippen LogP contribution < -0.4 is 0 Å². The van der Waals surface area contributed by atoms with Crippen LogP contribution in [0.4, 0.5) is 0 Å². The highest BCUT2D eigenvalue weighted by Gasteiger charge is 2.35. The van der Waals surface area contributed by atoms with Gasteiger partial charge in [0.2, 0.25) is 0 Å². The molecule has 18 nitrogen and oxygen atoms in total. The molecule has 18 aromatic heterocycles. The van der Waals surface area contributed by atoms with Crippen molar-refractivity contribution in [3.63, 3.8) is 0 Å². The average Bonchev–Trinajstić information content (AvgIpc) is 1.54. The van der Waals surface area contributed by atoms with Crippen LogP contribution in [0.5, 0.6) is 0 Å². The first kappa shape index (κ1) is 83.5. The molecule has 4 aromatic carbocycles. The fourth-order valence-electron chi connectivity index (χ4n) is 20.6. The molecule has 22 aromatic rings. The van der Waals surface area contributed by atoms with E-state index < -0.39 is 0 Å². The van der Waals surface area contributed by atoms with Gasteiger partial charge in [-0.3, -0.25) is 0 Å². The van der Waals surface area contributed by atoms with Crippen LogP contribution in [0, 0.1) is 111 Å². The molecule has 658 valence electrons. The van der Waals surface area contributed by atoms with Crippen molar-refractivity contribution in [2.45, 2.75) is 137 Å². The number of furan rings is 8. The minimum absolute atomic E-state index is 0.496. The van der Waals surface area contributed by atoms with Crippen LogP contribution in [0.15, 0.2) is 278 Å². The van der Waals surface area contributed by atoms with Crippen LogP contribution in [0.1, 0.15) is 103 Å². The zero-order chi connectivity index (χ0) is 91.9. The summed E-state index contributed by atoms with van der Waals surface area (Å²) in [6, 6.07) is 81.9. The second kappa shape index (κ2) is 33.1. The largest absolute Gasteiger partial charge is 0.460 e. The van der Waals surface area contributed by atoms with E-state index in [9.17, 15) is 0 Å². The van der Waals surface area contributed by atoms with Gasteiger partial charge in [-0.15, -0.1) is 0 Å². The maximum atomic E-state index is 6.49. The van der Waals surface area contributed by atoms with Gasteiger partial charge < -0.3 is 44.5 Å². The quantitative estimate of drug-likeness (QED) is 0.0611. The van der Waals surface area contributed by atoms with E-state index in [0.717, 1.165) is 224 Å². The smallest absolute Gasteiger partial charge is 0.152 e. The highest BCUT2D eigenvalue weighted by atomic mass is 16.4. The number of hydrogen-bond donors (Lipinski definition) is 0. The van der Waals surface area contributed by atoms with Gasteiger partial charge in [0.1, 0.15) is 91.6 Å². The van der Waals surface area contributed by atoms with Gasteiger partial charge in [0.25, 0.3) is 0 Å². The van der Waals surface area contributed by atoms with Crippen LogP contribution in [0.3, 0.4) is 0 Å². The zero-order valence-corrected chi connectivity index (χ0v) is 77.7. The van der Waals surface area contributed by atoms with E-state index in [-0.39, 0.29) is 0 Å². The Balaban J connectivity index is 0.846. The minimum Gasteiger partial charge on any atom is -0.460 e. The van der Waals surface area contributed by atoms with Crippen molar-refractivity contribution in [2.24, 2.45) is 0 Å². The van der Waals surface area contributed by atoms with Crippen molar-refractivity contribution in [3.8, 4) is 182 Å². The SMILES string of the molecule is Cc1ccc(-c2cccc(-c3c(C)c(-c4cccc(-c5ccc(C)o5)n4)c4c(c3C)c3c(C)c(-c5cccc(-c6ccc(C)o6)n5)c(C)c(-c5cccc(-c6ccc(C)o6)n5)c3n4CCCCn3c4c(-c5cccc(-c6ccc(C)o6)n5)c(C)c(-c5cccc(-c6ccc(C)o6)n5)c(C)c4c4c(C)c(-c5cccc(-c6ccc(C)o6)n5)c(C)c(-c5cccc(-c6ccc(C)o6)n5)c43)n2)o1. The third kappa shape index (κ3) is 14.3. The number of aromatic nitrogens is 10. The first-order chi connectivity index (χ1) is 65.0. The first-order valence-electron chi connectivity index (χ1n) is 45.6. The lowest BCUT2D eigenvalue weighted by molar-refractivity contribution is 0.546. The average molecular weight is 1760 g/mol. The van der Waals surface area contributed by atoms with E-state index in [1.54, 1.807) is 0 Å². The van der Waals surface area contributed by atoms with E-state index in [1.165, 1.54) is 0 Å². The summed E-state index contributed by atoms with van der Waals surface area (Å²) in [7, 11) is 0. The fraction of sp³-hybridized carbons (Fsp3) is 0.172. The molecule has 18 heterocycles. The summed E-state index contributed by atoms with van der Waals surface area (Å²) >= 11 is 0. The number of hydrogen-bond acceptors (Lipinski definition) is 16. The molecule has 18 heteroatoms. The number of unbranched alkanes of at least 4 members (excludes halogenated alkanes) is 1. The number of aryl methyl sites for hydroxylation is 14. The van der Waals surface area contributed by atoms with Crippen LogP contribution in [-0.2, 0) is 13.1 Å². The number of pyridine rings is 8. The summed E-state index contributed by atoms with van der Waals surface area (Å²) in [6.07, 6.45) is 1.27. The number of rotatable bonds is 21. The molecule has 0 amide bonds. The molecule has 0 unspecified atom stereocenters. The monoisotopic (exact) mass is 1760 g/mol. The van der Waals surface area contributed by atoms with Gasteiger partial charge in [-0.1, -0.05) is 48.5 Å². The van der Waals surface area contributed by atoms with Gasteiger partial charge in [-0.25, -0.2) is 39.9 Å². The summed E-state index contributed by atoms with van der Waals surface area (Å²) in [5.74, 6) is 11.6. The third-order valence-electron chi connectivity index (χ3n) is 26.5. The Labute approximate surface area is 774 Å². The molecule has 0 radical (unpaired) electrons. The van der Waals surface area contributed by atoms with E-state index in [4.69, 9.17) is 75.2 Å². The summed E-state index contributed by atoms with van der Waals surface area (Å²) < 4.78 is 56.7. The summed E-state index contributed by atoms with van der Waals surface area (Å²) in [5, 5.41) is 4.13. The Morgan fingerprint density at radius 2 is 0.306 bits per heavy atom. The Morgan fingerprint density at radius 3 is 0.448 bits per heavy atom. The van der Waals surface area contributed by atoms with Gasteiger partial charge >= 0.3 is 0 Å². The van der Waals surface area contributed by atoms with Crippen molar-refractivity contribution in [2.75, 3.05) is 0 Å². The second-order valence-electron chi connectivity index (χ2n) is 35.5. The number of nitrogens with zero attached hydrogens (tertiary/aromatic N) is 10. The van der Waals surface area contributed by atoms with Gasteiger partial charge in [0.15, 0.2) is 46.1 Å². The molecular formula is C116H96N10O8. The van der Waals surface area contributed by atoms with Crippen molar-refractivity contribution < 1.29 is 35.3 Å². The molecule has 0 aliphatic heterocycles. The van der Waals surface area contributed by atoms with E-state index in [0.29, 0.717) is 118 Å². The van der Waals surface area contributed by atoms with Crippen molar-refractivity contribution in [1.29, 1.82) is 0 Å². The van der Waals surface area contributed by atoms with Crippen molar-refractivity contribution in [3.05, 3.63) is 333 Å². The molecule has 0 N–H and O–H groups in total. The molecule has 0 bridgehead atoms. The summed E-state index contributed by atoms with van der Waals surface area (Å²) in [6.45, 7) is 34.8. The lowest BCUT2D eigenvalue weighted by Crippen LogP contribution is -2.08. The van der Waals surface area contributed by atoms with E-state index >= 15 is 0 Å². The van der Waals surface area contributed by atoms with Crippen LogP contribution in [-0.4, -0.2) is 49.0 Å². The van der Waals surface area contributed by atoms with Crippen molar-refractivity contribution in [1.82, 2.24) is 49.0 Å². The molecule has 0 fully saturated rings. The highest BCUT2D eigenvalue weighted by Crippen LogP contribution is 2.55. The molecule has 0 spiro atoms. The standard InChI is InChI=1S/C116H96N10O8/c1-61-43-51-93(127-61)77-27-19-35-85(117-77)101-69(9)105(89-39-23-31-81(121-89)97-55-47-65(5)131-97)113-109(73(101)13)110-74(14)102(86-36-20-28-78(118-86)94-52-44-62(2)128-94)70(10)106(90-40-24-32-82(122-90)98-56-48-66(6)132-98)114(110)125(113)59-17-18-60-126-115-107(91-41-25-33-83(123-91)99-57-49-67(7)133-99)71(11)103(87-37-21-29-79(119-87)95-53-45-63(3)129-95)75(15)111(115)112-76(16)104(88-38-22-30-80(120-88)96-54-46-64(4)130-96)72(12)108(116(112)126)92-42-26-34-84(124-92)100-58-50-68(8)134-100/h19-58H,17-18,59-60H2,1-16H3. The normalized spacial score (nSPS) is 11.9. The van der Waals surface area contributed by atoms with E-state index in [1.807, 2.05) is 201 Å². The number of fused-ring (bicyclic) bond motifs is 6. The Kier molecular flexibility index (Phi) is 20.6. The van der Waals surface area contributed by atoms with Crippen molar-refractivity contribution >= 4 is 43.6 Å². The summed E-state index contributed by atoms with van der Waals surface area (Å²) in [5.41, 5.74) is 31.5. The molecule has 0 aliphatic carbocycles. The molecule has 0 saturated heterocycles. The number of benzene rings is 4. The Morgan fingerprint density at radius 1 is 0.164 bits per heavy atom. The lowest BCUT2D eigenvalue weighted by atomic mass is 9.85. The van der Waals surface area contributed by atoms with Gasteiger partial charge in [-0.05, 0) is 362 Å². The molecular weight excluding hydrogens is 1660 g/mol. The highest BCUT2D eigenvalue weighted by molar-refractivity contribution is 6.24. The minimum atomic E-state index is 0.496. The van der Waals surface area contributed by atoms with E-state index in [2.05, 4.69) is 162 Å². The Bertz CT molecular complexity index is 7530. The predicted octanol–water partition coefficient (Wildman–Crippen LogP) is 30.9. The maximum Gasteiger partial charge on any atom is 0.152 e. The first-order valence-corrected chi connectivity index (χ1v) is 45.6. The second-order valence-corrected chi connectivity index (χ2v) is 35.5. The molecule has 0 saturated carbocycles. The summed E-state index contributed by atoms with van der Waals surface area (Å²) in [4.78, 5) is 45.4. The van der Waals surface area contributed by atoms with Gasteiger partial charge in [0.05, 0.1) is 67.6 Å². The van der Waals surface area contributed by atoms with Gasteiger partial charge in [-0.2, -0.15) is 0 Å².